The highest BCUT2D eigenvalue weighted by atomic mass is 16.6. The van der Waals surface area contributed by atoms with Gasteiger partial charge in [-0.05, 0) is 56.1 Å². The number of piperidine rings is 3. The van der Waals surface area contributed by atoms with E-state index in [0.717, 1.165) is 19.6 Å². The molecule has 6 nitrogen and oxygen atoms in total. The fourth-order valence-corrected chi connectivity index (χ4v) is 3.60. The van der Waals surface area contributed by atoms with E-state index in [2.05, 4.69) is 10.2 Å². The molecule has 1 aromatic heterocycles. The van der Waals surface area contributed by atoms with Gasteiger partial charge < -0.3 is 19.4 Å². The van der Waals surface area contributed by atoms with Crippen molar-refractivity contribution in [3.8, 4) is 17.8 Å². The van der Waals surface area contributed by atoms with Gasteiger partial charge in [0, 0.05) is 24.2 Å². The second-order valence-corrected chi connectivity index (χ2v) is 6.61. The van der Waals surface area contributed by atoms with Crippen LogP contribution in [0.2, 0.25) is 0 Å². The zero-order valence-electron chi connectivity index (χ0n) is 13.8. The van der Waals surface area contributed by atoms with Gasteiger partial charge in [0.2, 0.25) is 0 Å². The summed E-state index contributed by atoms with van der Waals surface area (Å²) in [6.45, 7) is 3.27. The zero-order valence-corrected chi connectivity index (χ0v) is 13.8. The lowest BCUT2D eigenvalue weighted by atomic mass is 9.84. The SMILES string of the molecule is N#Cc1coc(Oc2ccc(C(=O)N[C@H]3CN4CCC3CC4)cc2)c1. The maximum atomic E-state index is 12.5. The summed E-state index contributed by atoms with van der Waals surface area (Å²) in [6, 6.07) is 10.7. The third-order valence-electron chi connectivity index (χ3n) is 5.01. The van der Waals surface area contributed by atoms with Crippen LogP contribution in [0, 0.1) is 17.2 Å². The van der Waals surface area contributed by atoms with Crippen LogP contribution in [0.25, 0.3) is 0 Å². The standard InChI is InChI=1S/C19H19N3O3/c20-10-13-9-18(24-12-13)25-16-3-1-15(2-4-16)19(23)21-17-11-22-7-5-14(17)6-8-22/h1-4,9,12,14,17H,5-8,11H2,(H,21,23)/t17-/m0/s1. The van der Waals surface area contributed by atoms with E-state index in [4.69, 9.17) is 14.4 Å². The van der Waals surface area contributed by atoms with Gasteiger partial charge in [-0.25, -0.2) is 0 Å². The molecule has 2 aromatic rings. The van der Waals surface area contributed by atoms with Crippen LogP contribution in [0.3, 0.4) is 0 Å². The summed E-state index contributed by atoms with van der Waals surface area (Å²) in [5, 5.41) is 11.9. The molecule has 25 heavy (non-hydrogen) atoms. The zero-order chi connectivity index (χ0) is 17.2. The normalized spacial score (nSPS) is 24.5. The Morgan fingerprint density at radius 3 is 2.64 bits per heavy atom. The number of furan rings is 1. The number of fused-ring (bicyclic) bond motifs is 3. The molecular formula is C19H19N3O3. The third-order valence-corrected chi connectivity index (χ3v) is 5.01. The van der Waals surface area contributed by atoms with Crippen LogP contribution in [0.5, 0.6) is 11.7 Å². The van der Waals surface area contributed by atoms with Crippen LogP contribution in [0.1, 0.15) is 28.8 Å². The number of nitrogens with zero attached hydrogens (tertiary/aromatic N) is 2. The second-order valence-electron chi connectivity index (χ2n) is 6.61. The number of ether oxygens (including phenoxy) is 1. The Morgan fingerprint density at radius 2 is 2.04 bits per heavy atom. The number of hydrogen-bond acceptors (Lipinski definition) is 5. The molecule has 3 saturated heterocycles. The summed E-state index contributed by atoms with van der Waals surface area (Å²) in [7, 11) is 0. The van der Waals surface area contributed by atoms with Gasteiger partial charge in [0.25, 0.3) is 11.9 Å². The average Bonchev–Trinajstić information content (AvgIpc) is 3.11. The van der Waals surface area contributed by atoms with E-state index in [1.165, 1.54) is 25.2 Å². The maximum Gasteiger partial charge on any atom is 0.291 e. The monoisotopic (exact) mass is 337 g/mol. The quantitative estimate of drug-likeness (QED) is 0.928. The number of carbonyl (C=O) groups is 1. The molecule has 0 spiro atoms. The van der Waals surface area contributed by atoms with Gasteiger partial charge >= 0.3 is 0 Å². The first-order valence-corrected chi connectivity index (χ1v) is 8.51. The van der Waals surface area contributed by atoms with E-state index < -0.39 is 0 Å². The lowest BCUT2D eigenvalue weighted by Gasteiger charge is -2.44. The second kappa shape index (κ2) is 6.61. The molecule has 5 rings (SSSR count). The Labute approximate surface area is 146 Å². The van der Waals surface area contributed by atoms with E-state index >= 15 is 0 Å². The molecule has 3 fully saturated rings. The molecule has 1 N–H and O–H groups in total. The van der Waals surface area contributed by atoms with E-state index in [9.17, 15) is 4.79 Å². The smallest absolute Gasteiger partial charge is 0.291 e. The van der Waals surface area contributed by atoms with E-state index in [0.29, 0.717) is 22.8 Å². The molecule has 0 aliphatic carbocycles. The van der Waals surface area contributed by atoms with Crippen LogP contribution in [0.15, 0.2) is 41.0 Å². The highest BCUT2D eigenvalue weighted by molar-refractivity contribution is 5.94. The molecule has 4 heterocycles. The number of carbonyl (C=O) groups excluding carboxylic acids is 1. The van der Waals surface area contributed by atoms with E-state index in [1.807, 2.05) is 6.07 Å². The van der Waals surface area contributed by atoms with Crippen LogP contribution >= 0.6 is 0 Å². The minimum absolute atomic E-state index is 0.0462. The van der Waals surface area contributed by atoms with Crippen molar-refractivity contribution in [1.82, 2.24) is 10.2 Å². The van der Waals surface area contributed by atoms with Crippen LogP contribution in [-0.2, 0) is 0 Å². The first kappa shape index (κ1) is 15.7. The van der Waals surface area contributed by atoms with E-state index in [1.54, 1.807) is 24.3 Å². The summed E-state index contributed by atoms with van der Waals surface area (Å²) in [6.07, 6.45) is 3.68. The van der Waals surface area contributed by atoms with Gasteiger partial charge in [-0.3, -0.25) is 4.79 Å². The molecule has 1 atom stereocenters. The summed E-state index contributed by atoms with van der Waals surface area (Å²) in [5.41, 5.74) is 1.02. The number of hydrogen-bond donors (Lipinski definition) is 1. The molecule has 0 unspecified atom stereocenters. The Balaban J connectivity index is 1.38. The van der Waals surface area contributed by atoms with Crippen molar-refractivity contribution in [2.24, 2.45) is 5.92 Å². The minimum Gasteiger partial charge on any atom is -0.433 e. The van der Waals surface area contributed by atoms with Gasteiger partial charge in [-0.1, -0.05) is 0 Å². The molecule has 0 saturated carbocycles. The summed E-state index contributed by atoms with van der Waals surface area (Å²) < 4.78 is 10.7. The molecular weight excluding hydrogens is 318 g/mol. The van der Waals surface area contributed by atoms with Crippen LogP contribution < -0.4 is 10.1 Å². The lowest BCUT2D eigenvalue weighted by Crippen LogP contribution is -2.57. The Morgan fingerprint density at radius 1 is 1.28 bits per heavy atom. The molecule has 128 valence electrons. The van der Waals surface area contributed by atoms with Crippen LogP contribution in [0.4, 0.5) is 0 Å². The molecule has 3 aliphatic rings. The molecule has 1 aromatic carbocycles. The first-order chi connectivity index (χ1) is 12.2. The largest absolute Gasteiger partial charge is 0.433 e. The summed E-state index contributed by atoms with van der Waals surface area (Å²) >= 11 is 0. The van der Waals surface area contributed by atoms with E-state index in [-0.39, 0.29) is 17.9 Å². The van der Waals surface area contributed by atoms with Crippen molar-refractivity contribution in [1.29, 1.82) is 5.26 Å². The van der Waals surface area contributed by atoms with Gasteiger partial charge in [0.05, 0.1) is 5.56 Å². The fourth-order valence-electron chi connectivity index (χ4n) is 3.60. The first-order valence-electron chi connectivity index (χ1n) is 8.51. The summed E-state index contributed by atoms with van der Waals surface area (Å²) in [4.78, 5) is 14.9. The number of nitriles is 1. The van der Waals surface area contributed by atoms with Crippen molar-refractivity contribution in [3.63, 3.8) is 0 Å². The predicted molar refractivity (Wildman–Crippen MR) is 90.4 cm³/mol. The maximum absolute atomic E-state index is 12.5. The van der Waals surface area contributed by atoms with Crippen LogP contribution in [-0.4, -0.2) is 36.5 Å². The lowest BCUT2D eigenvalue weighted by molar-refractivity contribution is 0.0620. The van der Waals surface area contributed by atoms with Gasteiger partial charge in [-0.15, -0.1) is 0 Å². The number of benzene rings is 1. The number of nitrogens with one attached hydrogen (secondary N) is 1. The van der Waals surface area contributed by atoms with Crippen molar-refractivity contribution in [2.75, 3.05) is 19.6 Å². The van der Waals surface area contributed by atoms with Gasteiger partial charge in [0.1, 0.15) is 18.1 Å². The van der Waals surface area contributed by atoms with Gasteiger partial charge in [0.15, 0.2) is 0 Å². The molecule has 3 aliphatic heterocycles. The van der Waals surface area contributed by atoms with Crippen molar-refractivity contribution in [2.45, 2.75) is 18.9 Å². The molecule has 2 bridgehead atoms. The average molecular weight is 337 g/mol. The highest BCUT2D eigenvalue weighted by Gasteiger charge is 2.34. The Hall–Kier alpha value is -2.78. The molecule has 0 radical (unpaired) electrons. The van der Waals surface area contributed by atoms with Crippen molar-refractivity contribution >= 4 is 5.91 Å². The number of amides is 1. The Kier molecular flexibility index (Phi) is 4.16. The minimum atomic E-state index is -0.0462. The molecule has 6 heteroatoms. The topological polar surface area (TPSA) is 78.5 Å². The molecule has 1 amide bonds. The Bertz CT molecular complexity index is 798. The third kappa shape index (κ3) is 3.37. The van der Waals surface area contributed by atoms with Crippen molar-refractivity contribution < 1.29 is 13.9 Å². The highest BCUT2D eigenvalue weighted by Crippen LogP contribution is 2.28. The predicted octanol–water partition coefficient (Wildman–Crippen LogP) is 2.77. The number of rotatable bonds is 4. The fraction of sp³-hybridized carbons (Fsp3) is 0.368. The summed E-state index contributed by atoms with van der Waals surface area (Å²) in [5.74, 6) is 1.36. The van der Waals surface area contributed by atoms with Crippen molar-refractivity contribution in [3.05, 3.63) is 47.7 Å². The van der Waals surface area contributed by atoms with Gasteiger partial charge in [-0.2, -0.15) is 5.26 Å².